The monoisotopic (exact) mass is 359 g/mol. The molecule has 0 saturated heterocycles. The van der Waals surface area contributed by atoms with Crippen molar-refractivity contribution in [1.82, 2.24) is 20.6 Å². The molecule has 1 unspecified atom stereocenters. The molecular formula is C19H29N5S. The van der Waals surface area contributed by atoms with Crippen LogP contribution in [0.4, 0.5) is 0 Å². The van der Waals surface area contributed by atoms with E-state index in [-0.39, 0.29) is 0 Å². The van der Waals surface area contributed by atoms with Crippen molar-refractivity contribution in [3.8, 4) is 0 Å². The van der Waals surface area contributed by atoms with Gasteiger partial charge in [0.15, 0.2) is 5.96 Å². The van der Waals surface area contributed by atoms with E-state index in [9.17, 15) is 0 Å². The van der Waals surface area contributed by atoms with Gasteiger partial charge in [0, 0.05) is 55.4 Å². The van der Waals surface area contributed by atoms with Crippen molar-refractivity contribution < 1.29 is 0 Å². The average molecular weight is 360 g/mol. The minimum absolute atomic E-state index is 0.366. The molecule has 0 bridgehead atoms. The Labute approximate surface area is 155 Å². The van der Waals surface area contributed by atoms with Gasteiger partial charge in [-0.05, 0) is 31.4 Å². The number of hydrogen-bond donors (Lipinski definition) is 2. The number of aliphatic imine (C=N–C) groups is 1. The van der Waals surface area contributed by atoms with E-state index >= 15 is 0 Å². The summed E-state index contributed by atoms with van der Waals surface area (Å²) in [6.45, 7) is 11.1. The van der Waals surface area contributed by atoms with Gasteiger partial charge in [0.25, 0.3) is 0 Å². The molecule has 2 heterocycles. The molecule has 136 valence electrons. The molecule has 0 aliphatic carbocycles. The maximum absolute atomic E-state index is 4.80. The third-order valence-corrected chi connectivity index (χ3v) is 4.98. The summed E-state index contributed by atoms with van der Waals surface area (Å²) in [7, 11) is 0. The lowest BCUT2D eigenvalue weighted by atomic mass is 9.89. The Kier molecular flexibility index (Phi) is 7.85. The number of guanidine groups is 1. The van der Waals surface area contributed by atoms with E-state index < -0.39 is 0 Å². The first-order chi connectivity index (χ1) is 12.1. The van der Waals surface area contributed by atoms with Crippen LogP contribution in [0.2, 0.25) is 0 Å². The lowest BCUT2D eigenvalue weighted by Crippen LogP contribution is -2.38. The fraction of sp³-hybridized carbons (Fsp3) is 0.526. The molecule has 0 aliphatic heterocycles. The van der Waals surface area contributed by atoms with Crippen LogP contribution in [0.15, 0.2) is 35.7 Å². The minimum atomic E-state index is 0.366. The predicted molar refractivity (Wildman–Crippen MR) is 106 cm³/mol. The highest BCUT2D eigenvalue weighted by molar-refractivity contribution is 7.11. The van der Waals surface area contributed by atoms with Gasteiger partial charge in [-0.1, -0.05) is 19.9 Å². The molecular weight excluding hydrogens is 330 g/mol. The summed E-state index contributed by atoms with van der Waals surface area (Å²) in [5.41, 5.74) is 1.25. The van der Waals surface area contributed by atoms with Gasteiger partial charge in [-0.3, -0.25) is 9.98 Å². The summed E-state index contributed by atoms with van der Waals surface area (Å²) in [5.74, 6) is 1.74. The topological polar surface area (TPSA) is 62.2 Å². The van der Waals surface area contributed by atoms with Gasteiger partial charge in [-0.25, -0.2) is 4.98 Å². The first-order valence-electron chi connectivity index (χ1n) is 8.93. The summed E-state index contributed by atoms with van der Waals surface area (Å²) < 4.78 is 0. The summed E-state index contributed by atoms with van der Waals surface area (Å²) in [6, 6.07) is 4.13. The van der Waals surface area contributed by atoms with Crippen LogP contribution in [0.25, 0.3) is 0 Å². The first kappa shape index (κ1) is 19.4. The fourth-order valence-corrected chi connectivity index (χ4v) is 3.42. The van der Waals surface area contributed by atoms with Crippen LogP contribution < -0.4 is 10.6 Å². The molecule has 0 fully saturated rings. The summed E-state index contributed by atoms with van der Waals surface area (Å²) in [6.07, 6.45) is 6.61. The Morgan fingerprint density at radius 2 is 2.12 bits per heavy atom. The van der Waals surface area contributed by atoms with Crippen LogP contribution in [0.3, 0.4) is 0 Å². The smallest absolute Gasteiger partial charge is 0.191 e. The zero-order chi connectivity index (χ0) is 18.1. The molecule has 0 aliphatic rings. The quantitative estimate of drug-likeness (QED) is 0.560. The highest BCUT2D eigenvalue weighted by Crippen LogP contribution is 2.23. The van der Waals surface area contributed by atoms with Crippen molar-refractivity contribution >= 4 is 17.3 Å². The van der Waals surface area contributed by atoms with Crippen molar-refractivity contribution in [2.75, 3.05) is 19.6 Å². The van der Waals surface area contributed by atoms with E-state index in [4.69, 9.17) is 4.99 Å². The largest absolute Gasteiger partial charge is 0.357 e. The molecule has 2 aromatic heterocycles. The zero-order valence-electron chi connectivity index (χ0n) is 15.6. The first-order valence-corrected chi connectivity index (χ1v) is 9.75. The molecule has 25 heavy (non-hydrogen) atoms. The highest BCUT2D eigenvalue weighted by atomic mass is 32.1. The minimum Gasteiger partial charge on any atom is -0.357 e. The number of nitrogens with one attached hydrogen (secondary N) is 2. The molecule has 0 amide bonds. The predicted octanol–water partition coefficient (Wildman–Crippen LogP) is 3.38. The van der Waals surface area contributed by atoms with Crippen LogP contribution in [0.1, 0.15) is 42.1 Å². The summed E-state index contributed by atoms with van der Waals surface area (Å²) in [5, 5.41) is 7.90. The third kappa shape index (κ3) is 6.46. The standard InChI is InChI=1S/C19H29N5S/c1-5-21-19(22-10-8-18-23-11-15(4)25-18)24-13-17(14(2)3)16-7-6-9-20-12-16/h6-7,9,11-12,14,17H,5,8,10,13H2,1-4H3,(H2,21,22,24). The number of nitrogens with zero attached hydrogens (tertiary/aromatic N) is 3. The molecule has 6 heteroatoms. The Bertz CT molecular complexity index is 651. The lowest BCUT2D eigenvalue weighted by Gasteiger charge is -2.20. The second-order valence-electron chi connectivity index (χ2n) is 6.40. The van der Waals surface area contributed by atoms with Crippen LogP contribution >= 0.6 is 11.3 Å². The van der Waals surface area contributed by atoms with Crippen molar-refractivity contribution in [2.45, 2.75) is 40.0 Å². The fourth-order valence-electron chi connectivity index (χ4n) is 2.63. The van der Waals surface area contributed by atoms with Crippen LogP contribution in [0, 0.1) is 12.8 Å². The average Bonchev–Trinajstić information content (AvgIpc) is 3.01. The third-order valence-electron chi connectivity index (χ3n) is 4.01. The number of pyridine rings is 1. The zero-order valence-corrected chi connectivity index (χ0v) is 16.4. The van der Waals surface area contributed by atoms with Gasteiger partial charge in [0.05, 0.1) is 5.01 Å². The van der Waals surface area contributed by atoms with E-state index in [1.165, 1.54) is 10.4 Å². The number of hydrogen-bond acceptors (Lipinski definition) is 4. The van der Waals surface area contributed by atoms with E-state index in [2.05, 4.69) is 54.4 Å². The van der Waals surface area contributed by atoms with E-state index in [0.717, 1.165) is 37.0 Å². The molecule has 0 saturated carbocycles. The SMILES string of the molecule is CCNC(=NCC(c1cccnc1)C(C)C)NCCc1ncc(C)s1. The maximum atomic E-state index is 4.80. The molecule has 2 N–H and O–H groups in total. The van der Waals surface area contributed by atoms with Crippen LogP contribution in [-0.4, -0.2) is 35.6 Å². The molecule has 0 radical (unpaired) electrons. The maximum Gasteiger partial charge on any atom is 0.191 e. The van der Waals surface area contributed by atoms with Gasteiger partial charge in [-0.2, -0.15) is 0 Å². The van der Waals surface area contributed by atoms with Crippen molar-refractivity contribution in [3.63, 3.8) is 0 Å². The number of rotatable bonds is 8. The Balaban J connectivity index is 1.94. The van der Waals surface area contributed by atoms with Crippen molar-refractivity contribution in [3.05, 3.63) is 46.2 Å². The van der Waals surface area contributed by atoms with E-state index in [0.29, 0.717) is 11.8 Å². The lowest BCUT2D eigenvalue weighted by molar-refractivity contribution is 0.504. The molecule has 0 aromatic carbocycles. The van der Waals surface area contributed by atoms with Gasteiger partial charge < -0.3 is 10.6 Å². The normalized spacial score (nSPS) is 13.1. The highest BCUT2D eigenvalue weighted by Gasteiger charge is 2.16. The van der Waals surface area contributed by atoms with Gasteiger partial charge in [0.1, 0.15) is 0 Å². The molecule has 5 nitrogen and oxygen atoms in total. The van der Waals surface area contributed by atoms with Gasteiger partial charge >= 0.3 is 0 Å². The number of thiazole rings is 1. The Morgan fingerprint density at radius 1 is 1.28 bits per heavy atom. The molecule has 0 spiro atoms. The van der Waals surface area contributed by atoms with Crippen molar-refractivity contribution in [1.29, 1.82) is 0 Å². The number of aryl methyl sites for hydroxylation is 1. The van der Waals surface area contributed by atoms with Crippen molar-refractivity contribution in [2.24, 2.45) is 10.9 Å². The summed E-state index contributed by atoms with van der Waals surface area (Å²) >= 11 is 1.75. The van der Waals surface area contributed by atoms with Gasteiger partial charge in [-0.15, -0.1) is 11.3 Å². The molecule has 2 rings (SSSR count). The van der Waals surface area contributed by atoms with E-state index in [1.54, 1.807) is 11.3 Å². The second kappa shape index (κ2) is 10.1. The summed E-state index contributed by atoms with van der Waals surface area (Å²) in [4.78, 5) is 14.7. The molecule has 1 atom stereocenters. The van der Waals surface area contributed by atoms with Gasteiger partial charge in [0.2, 0.25) is 0 Å². The van der Waals surface area contributed by atoms with E-state index in [1.807, 2.05) is 24.7 Å². The number of aromatic nitrogens is 2. The molecule has 2 aromatic rings. The van der Waals surface area contributed by atoms with Crippen LogP contribution in [0.5, 0.6) is 0 Å². The van der Waals surface area contributed by atoms with Crippen LogP contribution in [-0.2, 0) is 6.42 Å². The Hall–Kier alpha value is -1.95. The Morgan fingerprint density at radius 3 is 2.72 bits per heavy atom. The second-order valence-corrected chi connectivity index (χ2v) is 7.72.